The fourth-order valence-corrected chi connectivity index (χ4v) is 1.84. The van der Waals surface area contributed by atoms with E-state index in [-0.39, 0.29) is 11.1 Å². The molecular weight excluding hydrogens is 327 g/mol. The molecule has 1 aromatic carbocycles. The van der Waals surface area contributed by atoms with Crippen molar-refractivity contribution in [3.8, 4) is 0 Å². The number of hydrogen-bond acceptors (Lipinski definition) is 4. The largest absolute Gasteiger partial charge is 0.368 e. The lowest BCUT2D eigenvalue weighted by molar-refractivity contribution is 1.18. The van der Waals surface area contributed by atoms with Crippen LogP contribution in [-0.2, 0) is 0 Å². The van der Waals surface area contributed by atoms with Gasteiger partial charge in [0.2, 0.25) is 5.95 Å². The first kappa shape index (κ1) is 12.4. The van der Waals surface area contributed by atoms with Crippen molar-refractivity contribution < 1.29 is 0 Å². The van der Waals surface area contributed by atoms with E-state index in [0.717, 1.165) is 10.2 Å². The normalized spacial score (nSPS) is 10.3. The lowest BCUT2D eigenvalue weighted by Gasteiger charge is -2.07. The average molecular weight is 334 g/mol. The molecular formula is C10H7BrCl2N4. The van der Waals surface area contributed by atoms with Crippen molar-refractivity contribution in [3.63, 3.8) is 0 Å². The Hall–Kier alpha value is -1.04. The third-order valence-electron chi connectivity index (χ3n) is 1.90. The summed E-state index contributed by atoms with van der Waals surface area (Å²) in [6, 6.07) is 7.02. The fraction of sp³-hybridized carbons (Fsp3) is 0. The molecule has 0 bridgehead atoms. The van der Waals surface area contributed by atoms with Crippen molar-refractivity contribution in [3.05, 3.63) is 38.9 Å². The molecule has 0 saturated carbocycles. The molecule has 2 aromatic rings. The van der Waals surface area contributed by atoms with E-state index in [2.05, 4.69) is 31.2 Å². The molecule has 88 valence electrons. The van der Waals surface area contributed by atoms with Crippen LogP contribution in [-0.4, -0.2) is 9.97 Å². The van der Waals surface area contributed by atoms with E-state index in [9.17, 15) is 0 Å². The average Bonchev–Trinajstić information content (AvgIpc) is 2.22. The number of nitrogens with two attached hydrogens (primary N) is 1. The zero-order valence-electron chi connectivity index (χ0n) is 8.42. The first-order valence-corrected chi connectivity index (χ1v) is 6.11. The quantitative estimate of drug-likeness (QED) is 0.819. The molecule has 0 atom stereocenters. The number of halogens is 3. The van der Waals surface area contributed by atoms with E-state index in [0.29, 0.717) is 10.8 Å². The van der Waals surface area contributed by atoms with Crippen LogP contribution in [0.1, 0.15) is 0 Å². The van der Waals surface area contributed by atoms with Gasteiger partial charge in [0, 0.05) is 16.2 Å². The van der Waals surface area contributed by atoms with Gasteiger partial charge in [-0.2, -0.15) is 4.98 Å². The Morgan fingerprint density at radius 3 is 2.59 bits per heavy atom. The summed E-state index contributed by atoms with van der Waals surface area (Å²) in [7, 11) is 0. The lowest BCUT2D eigenvalue weighted by Crippen LogP contribution is -1.99. The van der Waals surface area contributed by atoms with Crippen molar-refractivity contribution in [1.29, 1.82) is 0 Å². The van der Waals surface area contributed by atoms with Crippen LogP contribution in [0, 0.1) is 0 Å². The summed E-state index contributed by atoms with van der Waals surface area (Å²) in [4.78, 5) is 7.76. The number of nitrogens with one attached hydrogen (secondary N) is 1. The van der Waals surface area contributed by atoms with Gasteiger partial charge in [-0.15, -0.1) is 0 Å². The standard InChI is InChI=1S/C10H7BrCl2N4/c11-6-2-1-5(3-7(6)12)15-9-4-8(13)16-10(14)17-9/h1-4H,(H3,14,15,16,17). The number of benzene rings is 1. The second-order valence-electron chi connectivity index (χ2n) is 3.19. The molecule has 0 unspecified atom stereocenters. The highest BCUT2D eigenvalue weighted by Gasteiger charge is 2.03. The highest BCUT2D eigenvalue weighted by Crippen LogP contribution is 2.27. The van der Waals surface area contributed by atoms with E-state index >= 15 is 0 Å². The summed E-state index contributed by atoms with van der Waals surface area (Å²) in [6.45, 7) is 0. The molecule has 0 aliphatic heterocycles. The maximum Gasteiger partial charge on any atom is 0.223 e. The minimum atomic E-state index is 0.114. The Bertz CT molecular complexity index is 542. The minimum absolute atomic E-state index is 0.114. The first-order valence-electron chi connectivity index (χ1n) is 4.57. The highest BCUT2D eigenvalue weighted by atomic mass is 79.9. The summed E-state index contributed by atoms with van der Waals surface area (Å²) in [5.74, 6) is 0.629. The van der Waals surface area contributed by atoms with Gasteiger partial charge in [0.25, 0.3) is 0 Å². The highest BCUT2D eigenvalue weighted by molar-refractivity contribution is 9.10. The van der Waals surface area contributed by atoms with Gasteiger partial charge in [-0.1, -0.05) is 23.2 Å². The maximum atomic E-state index is 5.97. The Morgan fingerprint density at radius 2 is 1.94 bits per heavy atom. The van der Waals surface area contributed by atoms with Gasteiger partial charge in [-0.25, -0.2) is 4.98 Å². The number of nitrogen functional groups attached to an aromatic ring is 1. The zero-order chi connectivity index (χ0) is 12.4. The number of nitrogens with zero attached hydrogens (tertiary/aromatic N) is 2. The Kier molecular flexibility index (Phi) is 3.71. The smallest absolute Gasteiger partial charge is 0.223 e. The van der Waals surface area contributed by atoms with Crippen LogP contribution in [0.4, 0.5) is 17.5 Å². The van der Waals surface area contributed by atoms with Crippen molar-refractivity contribution >= 4 is 56.6 Å². The molecule has 0 amide bonds. The van der Waals surface area contributed by atoms with Crippen molar-refractivity contribution in [2.24, 2.45) is 0 Å². The molecule has 0 saturated heterocycles. The molecule has 0 spiro atoms. The summed E-state index contributed by atoms with van der Waals surface area (Å²) in [5, 5.41) is 3.91. The predicted molar refractivity (Wildman–Crippen MR) is 73.9 cm³/mol. The van der Waals surface area contributed by atoms with Gasteiger partial charge >= 0.3 is 0 Å². The zero-order valence-corrected chi connectivity index (χ0v) is 11.5. The molecule has 4 nitrogen and oxygen atoms in total. The number of hydrogen-bond donors (Lipinski definition) is 2. The second kappa shape index (κ2) is 5.08. The van der Waals surface area contributed by atoms with Gasteiger partial charge in [-0.05, 0) is 34.1 Å². The first-order chi connectivity index (χ1) is 8.04. The predicted octanol–water partition coefficient (Wildman–Crippen LogP) is 3.87. The summed E-state index contributed by atoms with van der Waals surface area (Å²) < 4.78 is 0.824. The molecule has 1 aromatic heterocycles. The van der Waals surface area contributed by atoms with Crippen LogP contribution in [0.15, 0.2) is 28.7 Å². The van der Waals surface area contributed by atoms with Crippen LogP contribution >= 0.6 is 39.1 Å². The van der Waals surface area contributed by atoms with Gasteiger partial charge in [0.1, 0.15) is 11.0 Å². The van der Waals surface area contributed by atoms with Gasteiger partial charge < -0.3 is 11.1 Å². The van der Waals surface area contributed by atoms with E-state index in [4.69, 9.17) is 28.9 Å². The SMILES string of the molecule is Nc1nc(Cl)cc(Nc2ccc(Br)c(Cl)c2)n1. The van der Waals surface area contributed by atoms with Crippen LogP contribution < -0.4 is 11.1 Å². The molecule has 2 rings (SSSR count). The molecule has 1 heterocycles. The third-order valence-corrected chi connectivity index (χ3v) is 3.33. The summed E-state index contributed by atoms with van der Waals surface area (Å²) in [6.07, 6.45) is 0. The topological polar surface area (TPSA) is 63.8 Å². The minimum Gasteiger partial charge on any atom is -0.368 e. The van der Waals surface area contributed by atoms with E-state index in [1.807, 2.05) is 12.1 Å². The van der Waals surface area contributed by atoms with Crippen LogP contribution in [0.25, 0.3) is 0 Å². The van der Waals surface area contributed by atoms with Crippen LogP contribution in [0.2, 0.25) is 10.2 Å². The summed E-state index contributed by atoms with van der Waals surface area (Å²) in [5.41, 5.74) is 6.27. The molecule has 7 heteroatoms. The monoisotopic (exact) mass is 332 g/mol. The Balaban J connectivity index is 2.28. The maximum absolute atomic E-state index is 5.97. The molecule has 0 aliphatic rings. The molecule has 17 heavy (non-hydrogen) atoms. The van der Waals surface area contributed by atoms with Gasteiger partial charge in [-0.3, -0.25) is 0 Å². The van der Waals surface area contributed by atoms with Crippen LogP contribution in [0.5, 0.6) is 0 Å². The fourth-order valence-electron chi connectivity index (χ4n) is 1.22. The van der Waals surface area contributed by atoms with Crippen molar-refractivity contribution in [2.45, 2.75) is 0 Å². The molecule has 3 N–H and O–H groups in total. The van der Waals surface area contributed by atoms with E-state index < -0.39 is 0 Å². The second-order valence-corrected chi connectivity index (χ2v) is 4.84. The molecule has 0 radical (unpaired) electrons. The molecule has 0 fully saturated rings. The molecule has 0 aliphatic carbocycles. The van der Waals surface area contributed by atoms with Crippen LogP contribution in [0.3, 0.4) is 0 Å². The van der Waals surface area contributed by atoms with E-state index in [1.165, 1.54) is 0 Å². The third kappa shape index (κ3) is 3.21. The number of rotatable bonds is 2. The van der Waals surface area contributed by atoms with Gasteiger partial charge in [0.05, 0.1) is 5.02 Å². The van der Waals surface area contributed by atoms with Gasteiger partial charge in [0.15, 0.2) is 0 Å². The number of aromatic nitrogens is 2. The van der Waals surface area contributed by atoms with Crippen molar-refractivity contribution in [1.82, 2.24) is 9.97 Å². The Morgan fingerprint density at radius 1 is 1.18 bits per heavy atom. The lowest BCUT2D eigenvalue weighted by atomic mass is 10.3. The van der Waals surface area contributed by atoms with Crippen molar-refractivity contribution in [2.75, 3.05) is 11.1 Å². The van der Waals surface area contributed by atoms with E-state index in [1.54, 1.807) is 12.1 Å². The Labute approximate surface area is 116 Å². The summed E-state index contributed by atoms with van der Waals surface area (Å²) >= 11 is 15.1. The number of anilines is 3.